The molecule has 0 fully saturated rings. The van der Waals surface area contributed by atoms with Gasteiger partial charge in [-0.2, -0.15) is 0 Å². The van der Waals surface area contributed by atoms with Crippen molar-refractivity contribution in [3.05, 3.63) is 41.1 Å². The molecule has 1 aromatic carbocycles. The van der Waals surface area contributed by atoms with Gasteiger partial charge >= 0.3 is 0 Å². The fourth-order valence-electron chi connectivity index (χ4n) is 5.99. The lowest BCUT2D eigenvalue weighted by Crippen LogP contribution is -2.52. The van der Waals surface area contributed by atoms with Gasteiger partial charge < -0.3 is 19.9 Å². The van der Waals surface area contributed by atoms with Crippen LogP contribution in [-0.4, -0.2) is 41.3 Å². The molecule has 1 amide bonds. The number of allylic oxidation sites excluding steroid dienone is 2. The van der Waals surface area contributed by atoms with E-state index in [9.17, 15) is 9.90 Å². The second-order valence-electron chi connectivity index (χ2n) is 11.6. The average molecular weight is 452 g/mol. The van der Waals surface area contributed by atoms with E-state index in [0.717, 1.165) is 25.1 Å². The normalized spacial score (nSPS) is 24.4. The number of aromatic nitrogens is 1. The van der Waals surface area contributed by atoms with E-state index in [1.54, 1.807) is 0 Å². The minimum absolute atomic E-state index is 0.00847. The standard InChI is InChI=1S/C28H41N3O2/c1-17(2)25-27(33)29-20(16-32)14-19-15-31-13-12-18(3)8-10-22(28(4,5)6)21-9-11-23(30(25)7)24(19)26(21)31/h9,11-12,15,17,20,22,25,32H,8,10,13-14,16H2,1-7H3,(H,29,33)/t20-,22-,25-/m0/s1. The van der Waals surface area contributed by atoms with Gasteiger partial charge in [-0.25, -0.2) is 0 Å². The topological polar surface area (TPSA) is 57.5 Å². The van der Waals surface area contributed by atoms with Crippen molar-refractivity contribution in [2.24, 2.45) is 11.3 Å². The van der Waals surface area contributed by atoms with E-state index in [0.29, 0.717) is 12.3 Å². The van der Waals surface area contributed by atoms with Crippen LogP contribution in [0.4, 0.5) is 5.69 Å². The maximum atomic E-state index is 13.2. The van der Waals surface area contributed by atoms with Crippen LogP contribution in [0.25, 0.3) is 10.9 Å². The summed E-state index contributed by atoms with van der Waals surface area (Å²) in [5.74, 6) is 0.565. The molecule has 4 rings (SSSR count). The van der Waals surface area contributed by atoms with E-state index in [1.165, 1.54) is 27.6 Å². The van der Waals surface area contributed by atoms with Crippen LogP contribution in [0.3, 0.4) is 0 Å². The van der Waals surface area contributed by atoms with Crippen LogP contribution in [0.1, 0.15) is 71.4 Å². The maximum Gasteiger partial charge on any atom is 0.243 e. The highest BCUT2D eigenvalue weighted by atomic mass is 16.3. The summed E-state index contributed by atoms with van der Waals surface area (Å²) in [7, 11) is 2.04. The third kappa shape index (κ3) is 4.32. The molecule has 2 aromatic rings. The van der Waals surface area contributed by atoms with Gasteiger partial charge in [0, 0.05) is 30.9 Å². The molecule has 0 bridgehead atoms. The number of anilines is 1. The minimum atomic E-state index is -0.293. The third-order valence-electron chi connectivity index (χ3n) is 7.72. The molecule has 180 valence electrons. The molecular weight excluding hydrogens is 410 g/mol. The summed E-state index contributed by atoms with van der Waals surface area (Å²) in [6.07, 6.45) is 7.50. The molecular formula is C28H41N3O2. The Bertz CT molecular complexity index is 1070. The van der Waals surface area contributed by atoms with Gasteiger partial charge in [0.05, 0.1) is 18.2 Å². The van der Waals surface area contributed by atoms with Crippen LogP contribution in [0, 0.1) is 11.3 Å². The highest BCUT2D eigenvalue weighted by Crippen LogP contribution is 2.46. The Morgan fingerprint density at radius 3 is 2.61 bits per heavy atom. The molecule has 0 spiro atoms. The van der Waals surface area contributed by atoms with Gasteiger partial charge in [0.1, 0.15) is 6.04 Å². The molecule has 5 nitrogen and oxygen atoms in total. The number of carbonyl (C=O) groups excluding carboxylic acids is 1. The van der Waals surface area contributed by atoms with E-state index >= 15 is 0 Å². The van der Waals surface area contributed by atoms with E-state index < -0.39 is 0 Å². The SMILES string of the molecule is CC1=CCn2cc3c4c(ccc(c42)[C@@H](C(C)(C)C)CC1)N(C)[C@@H](C(C)C)C(=O)N[C@H](CO)C3. The van der Waals surface area contributed by atoms with Gasteiger partial charge in [-0.3, -0.25) is 4.79 Å². The summed E-state index contributed by atoms with van der Waals surface area (Å²) in [6, 6.07) is 3.98. The summed E-state index contributed by atoms with van der Waals surface area (Å²) >= 11 is 0. The number of hydrogen-bond donors (Lipinski definition) is 2. The number of aliphatic hydroxyl groups excluding tert-OH is 1. The molecule has 3 heterocycles. The van der Waals surface area contributed by atoms with Crippen LogP contribution < -0.4 is 10.2 Å². The average Bonchev–Trinajstić information content (AvgIpc) is 3.11. The smallest absolute Gasteiger partial charge is 0.243 e. The van der Waals surface area contributed by atoms with Crippen molar-refractivity contribution in [2.75, 3.05) is 18.6 Å². The molecule has 2 N–H and O–H groups in total. The molecule has 0 unspecified atom stereocenters. The first kappa shape index (κ1) is 23.9. The van der Waals surface area contributed by atoms with Crippen molar-refractivity contribution in [1.82, 2.24) is 9.88 Å². The zero-order chi connectivity index (χ0) is 24.1. The Balaban J connectivity index is 2.04. The molecule has 1 aromatic heterocycles. The molecule has 0 saturated heterocycles. The number of likely N-dealkylation sites (N-methyl/N-ethyl adjacent to an activating group) is 1. The summed E-state index contributed by atoms with van der Waals surface area (Å²) in [6.45, 7) is 14.3. The molecule has 0 radical (unpaired) electrons. The Kier molecular flexibility index (Phi) is 6.38. The first-order chi connectivity index (χ1) is 15.5. The fourth-order valence-corrected chi connectivity index (χ4v) is 5.99. The molecule has 2 aliphatic rings. The number of hydrogen-bond acceptors (Lipinski definition) is 3. The lowest BCUT2D eigenvalue weighted by molar-refractivity contribution is -0.124. The monoisotopic (exact) mass is 451 g/mol. The summed E-state index contributed by atoms with van der Waals surface area (Å²) in [5.41, 5.74) is 6.61. The summed E-state index contributed by atoms with van der Waals surface area (Å²) < 4.78 is 2.41. The zero-order valence-electron chi connectivity index (χ0n) is 21.4. The Morgan fingerprint density at radius 1 is 1.24 bits per heavy atom. The zero-order valence-corrected chi connectivity index (χ0v) is 21.4. The number of nitrogens with zero attached hydrogens (tertiary/aromatic N) is 2. The molecule has 5 heteroatoms. The van der Waals surface area contributed by atoms with E-state index in [4.69, 9.17) is 0 Å². The second-order valence-corrected chi connectivity index (χ2v) is 11.6. The highest BCUT2D eigenvalue weighted by Gasteiger charge is 2.35. The predicted molar refractivity (Wildman–Crippen MR) is 137 cm³/mol. The lowest BCUT2D eigenvalue weighted by atomic mass is 9.73. The third-order valence-corrected chi connectivity index (χ3v) is 7.72. The Morgan fingerprint density at radius 2 is 1.97 bits per heavy atom. The number of aliphatic hydroxyl groups is 1. The quantitative estimate of drug-likeness (QED) is 0.632. The van der Waals surface area contributed by atoms with Crippen LogP contribution in [0.5, 0.6) is 0 Å². The molecule has 33 heavy (non-hydrogen) atoms. The van der Waals surface area contributed by atoms with E-state index in [2.05, 4.69) is 80.7 Å². The fraction of sp³-hybridized carbons (Fsp3) is 0.607. The van der Waals surface area contributed by atoms with Crippen LogP contribution in [0.2, 0.25) is 0 Å². The first-order valence-corrected chi connectivity index (χ1v) is 12.5. The molecule has 0 aliphatic carbocycles. The van der Waals surface area contributed by atoms with Crippen molar-refractivity contribution >= 4 is 22.5 Å². The second kappa shape index (κ2) is 8.83. The largest absolute Gasteiger partial charge is 0.394 e. The lowest BCUT2D eigenvalue weighted by Gasteiger charge is -2.35. The van der Waals surface area contributed by atoms with Crippen LogP contribution >= 0.6 is 0 Å². The van der Waals surface area contributed by atoms with Gasteiger partial charge in [-0.05, 0) is 60.6 Å². The number of carbonyl (C=O) groups is 1. The molecule has 0 saturated carbocycles. The Hall–Kier alpha value is -2.27. The number of amides is 1. The number of rotatable bonds is 2. The highest BCUT2D eigenvalue weighted by molar-refractivity contribution is 6.00. The van der Waals surface area contributed by atoms with Gasteiger partial charge in [0.25, 0.3) is 0 Å². The predicted octanol–water partition coefficient (Wildman–Crippen LogP) is 5.01. The van der Waals surface area contributed by atoms with E-state index in [1.807, 2.05) is 7.05 Å². The van der Waals surface area contributed by atoms with Crippen molar-refractivity contribution in [3.8, 4) is 0 Å². The van der Waals surface area contributed by atoms with Crippen molar-refractivity contribution in [2.45, 2.75) is 85.4 Å². The number of nitrogens with one attached hydrogen (secondary N) is 1. The summed E-state index contributed by atoms with van der Waals surface area (Å²) in [5, 5.41) is 14.5. The maximum absolute atomic E-state index is 13.2. The Labute approximate surface area is 198 Å². The van der Waals surface area contributed by atoms with Crippen LogP contribution in [-0.2, 0) is 17.8 Å². The van der Waals surface area contributed by atoms with Crippen molar-refractivity contribution < 1.29 is 9.90 Å². The first-order valence-electron chi connectivity index (χ1n) is 12.5. The van der Waals surface area contributed by atoms with Crippen molar-refractivity contribution in [3.63, 3.8) is 0 Å². The molecule has 2 aliphatic heterocycles. The minimum Gasteiger partial charge on any atom is -0.394 e. The van der Waals surface area contributed by atoms with Crippen molar-refractivity contribution in [1.29, 1.82) is 0 Å². The van der Waals surface area contributed by atoms with Gasteiger partial charge in [0.15, 0.2) is 0 Å². The van der Waals surface area contributed by atoms with Gasteiger partial charge in [0.2, 0.25) is 5.91 Å². The van der Waals surface area contributed by atoms with Crippen LogP contribution in [0.15, 0.2) is 30.0 Å². The van der Waals surface area contributed by atoms with Gasteiger partial charge in [-0.1, -0.05) is 52.3 Å². The summed E-state index contributed by atoms with van der Waals surface area (Å²) in [4.78, 5) is 15.4. The van der Waals surface area contributed by atoms with E-state index in [-0.39, 0.29) is 35.9 Å². The molecule has 3 atom stereocenters. The van der Waals surface area contributed by atoms with Gasteiger partial charge in [-0.15, -0.1) is 0 Å². The number of benzene rings is 1.